The summed E-state index contributed by atoms with van der Waals surface area (Å²) in [5.41, 5.74) is 0.642. The first-order chi connectivity index (χ1) is 12.5. The van der Waals surface area contributed by atoms with Gasteiger partial charge < -0.3 is 20.3 Å². The van der Waals surface area contributed by atoms with Crippen molar-refractivity contribution in [3.8, 4) is 0 Å². The fourth-order valence-corrected chi connectivity index (χ4v) is 3.16. The van der Waals surface area contributed by atoms with E-state index in [0.717, 1.165) is 16.7 Å². The third-order valence-corrected chi connectivity index (χ3v) is 4.57. The predicted molar refractivity (Wildman–Crippen MR) is 112 cm³/mol. The average Bonchev–Trinajstić information content (AvgIpc) is 3.02. The Morgan fingerprint density at radius 1 is 1.33 bits per heavy atom. The molecular weight excluding hydrogens is 362 g/mol. The zero-order chi connectivity index (χ0) is 20.6. The Morgan fingerprint density at radius 3 is 2.52 bits per heavy atom. The molecule has 1 aromatic heterocycles. The summed E-state index contributed by atoms with van der Waals surface area (Å²) in [6.07, 6.45) is -0.304. The van der Waals surface area contributed by atoms with Crippen LogP contribution in [0.2, 0.25) is 0 Å². The number of amides is 1. The first-order valence-corrected chi connectivity index (χ1v) is 10.2. The SMILES string of the molecule is CN=C(NCc1nc(C(C)C)cs1)NCC(C)CN(C)C(=O)OC(C)(C)C. The molecule has 0 saturated carbocycles. The Kier molecular flexibility index (Phi) is 9.02. The topological polar surface area (TPSA) is 78.9 Å². The molecule has 0 radical (unpaired) electrons. The monoisotopic (exact) mass is 397 g/mol. The number of nitrogens with zero attached hydrogens (tertiary/aromatic N) is 3. The smallest absolute Gasteiger partial charge is 0.410 e. The van der Waals surface area contributed by atoms with Crippen molar-refractivity contribution in [2.75, 3.05) is 27.2 Å². The summed E-state index contributed by atoms with van der Waals surface area (Å²) < 4.78 is 5.38. The molecule has 0 spiro atoms. The summed E-state index contributed by atoms with van der Waals surface area (Å²) in [7, 11) is 3.50. The molecule has 27 heavy (non-hydrogen) atoms. The number of nitrogens with one attached hydrogen (secondary N) is 2. The highest BCUT2D eigenvalue weighted by Crippen LogP contribution is 2.17. The van der Waals surface area contributed by atoms with Crippen molar-refractivity contribution in [2.45, 2.75) is 59.6 Å². The quantitative estimate of drug-likeness (QED) is 0.544. The molecule has 0 aliphatic carbocycles. The lowest BCUT2D eigenvalue weighted by atomic mass is 10.1. The Labute approximate surface area is 167 Å². The third kappa shape index (κ3) is 9.08. The molecule has 0 bridgehead atoms. The maximum absolute atomic E-state index is 12.0. The molecule has 2 N–H and O–H groups in total. The second-order valence-corrected chi connectivity index (χ2v) is 9.04. The summed E-state index contributed by atoms with van der Waals surface area (Å²) in [5.74, 6) is 1.41. The lowest BCUT2D eigenvalue weighted by molar-refractivity contribution is 0.0278. The van der Waals surface area contributed by atoms with Gasteiger partial charge in [-0.05, 0) is 32.6 Å². The van der Waals surface area contributed by atoms with Gasteiger partial charge in [0.1, 0.15) is 10.6 Å². The Bertz CT molecular complexity index is 622. The summed E-state index contributed by atoms with van der Waals surface area (Å²) >= 11 is 1.66. The van der Waals surface area contributed by atoms with E-state index in [1.165, 1.54) is 0 Å². The fraction of sp³-hybridized carbons (Fsp3) is 0.737. The van der Waals surface area contributed by atoms with E-state index in [1.807, 2.05) is 20.8 Å². The third-order valence-electron chi connectivity index (χ3n) is 3.70. The maximum Gasteiger partial charge on any atom is 0.410 e. The van der Waals surface area contributed by atoms with E-state index in [2.05, 4.69) is 46.8 Å². The van der Waals surface area contributed by atoms with Gasteiger partial charge in [-0.1, -0.05) is 20.8 Å². The Balaban J connectivity index is 2.39. The largest absolute Gasteiger partial charge is 0.444 e. The number of hydrogen-bond acceptors (Lipinski definition) is 5. The highest BCUT2D eigenvalue weighted by atomic mass is 32.1. The second kappa shape index (κ2) is 10.5. The zero-order valence-corrected chi connectivity index (χ0v) is 18.7. The van der Waals surface area contributed by atoms with Gasteiger partial charge in [0.25, 0.3) is 0 Å². The normalized spacial score (nSPS) is 13.4. The van der Waals surface area contributed by atoms with Crippen molar-refractivity contribution in [3.05, 3.63) is 16.1 Å². The first-order valence-electron chi connectivity index (χ1n) is 9.34. The predicted octanol–water partition coefficient (Wildman–Crippen LogP) is 3.43. The van der Waals surface area contributed by atoms with Gasteiger partial charge in [0, 0.05) is 32.6 Å². The maximum atomic E-state index is 12.0. The zero-order valence-electron chi connectivity index (χ0n) is 17.9. The van der Waals surface area contributed by atoms with E-state index in [1.54, 1.807) is 30.3 Å². The van der Waals surface area contributed by atoms with E-state index in [0.29, 0.717) is 25.6 Å². The van der Waals surface area contributed by atoms with Crippen molar-refractivity contribution < 1.29 is 9.53 Å². The van der Waals surface area contributed by atoms with E-state index < -0.39 is 5.60 Å². The van der Waals surface area contributed by atoms with Crippen LogP contribution in [0.1, 0.15) is 58.2 Å². The molecular formula is C19H35N5O2S. The Morgan fingerprint density at radius 2 is 2.00 bits per heavy atom. The van der Waals surface area contributed by atoms with Crippen LogP contribution in [-0.4, -0.2) is 54.7 Å². The van der Waals surface area contributed by atoms with Gasteiger partial charge in [0.05, 0.1) is 12.2 Å². The summed E-state index contributed by atoms with van der Waals surface area (Å²) in [4.78, 5) is 22.5. The number of carbonyl (C=O) groups is 1. The van der Waals surface area contributed by atoms with Crippen LogP contribution in [0.25, 0.3) is 0 Å². The molecule has 1 unspecified atom stereocenters. The van der Waals surface area contributed by atoms with Crippen molar-refractivity contribution in [3.63, 3.8) is 0 Å². The van der Waals surface area contributed by atoms with Gasteiger partial charge in [0.15, 0.2) is 5.96 Å². The van der Waals surface area contributed by atoms with Crippen LogP contribution in [0.4, 0.5) is 4.79 Å². The van der Waals surface area contributed by atoms with Crippen LogP contribution < -0.4 is 10.6 Å². The van der Waals surface area contributed by atoms with Crippen molar-refractivity contribution in [1.82, 2.24) is 20.5 Å². The number of thiazole rings is 1. The molecule has 7 nitrogen and oxygen atoms in total. The van der Waals surface area contributed by atoms with Gasteiger partial charge in [-0.25, -0.2) is 9.78 Å². The van der Waals surface area contributed by atoms with Gasteiger partial charge in [-0.2, -0.15) is 0 Å². The molecule has 1 aromatic rings. The van der Waals surface area contributed by atoms with E-state index in [9.17, 15) is 4.79 Å². The number of aromatic nitrogens is 1. The van der Waals surface area contributed by atoms with E-state index in [4.69, 9.17) is 4.74 Å². The van der Waals surface area contributed by atoms with Gasteiger partial charge >= 0.3 is 6.09 Å². The van der Waals surface area contributed by atoms with Crippen LogP contribution in [0.3, 0.4) is 0 Å². The first kappa shape index (κ1) is 23.2. The summed E-state index contributed by atoms with van der Waals surface area (Å²) in [6.45, 7) is 13.9. The standard InChI is InChI=1S/C19H35N5O2S/c1-13(2)15-12-27-16(23-15)10-22-17(20-7)21-9-14(3)11-24(8)18(25)26-19(4,5)6/h12-14H,9-11H2,1-8H3,(H2,20,21,22). The number of ether oxygens (including phenoxy) is 1. The van der Waals surface area contributed by atoms with Crippen molar-refractivity contribution in [1.29, 1.82) is 0 Å². The molecule has 1 amide bonds. The minimum Gasteiger partial charge on any atom is -0.444 e. The second-order valence-electron chi connectivity index (χ2n) is 8.09. The number of carbonyl (C=O) groups excluding carboxylic acids is 1. The lowest BCUT2D eigenvalue weighted by Gasteiger charge is -2.26. The van der Waals surface area contributed by atoms with Gasteiger partial charge in [-0.3, -0.25) is 4.99 Å². The molecule has 0 saturated heterocycles. The molecule has 1 atom stereocenters. The highest BCUT2D eigenvalue weighted by Gasteiger charge is 2.20. The minimum atomic E-state index is -0.482. The highest BCUT2D eigenvalue weighted by molar-refractivity contribution is 7.09. The van der Waals surface area contributed by atoms with Crippen molar-refractivity contribution in [2.24, 2.45) is 10.9 Å². The van der Waals surface area contributed by atoms with Crippen LogP contribution in [-0.2, 0) is 11.3 Å². The average molecular weight is 398 g/mol. The molecule has 0 aliphatic heterocycles. The van der Waals surface area contributed by atoms with Crippen LogP contribution in [0.5, 0.6) is 0 Å². The van der Waals surface area contributed by atoms with Crippen LogP contribution in [0.15, 0.2) is 10.4 Å². The number of rotatable bonds is 7. The van der Waals surface area contributed by atoms with Gasteiger partial charge in [-0.15, -0.1) is 11.3 Å². The molecule has 1 rings (SSSR count). The number of aliphatic imine (C=N–C) groups is 1. The minimum absolute atomic E-state index is 0.244. The van der Waals surface area contributed by atoms with Gasteiger partial charge in [0.2, 0.25) is 0 Å². The van der Waals surface area contributed by atoms with E-state index >= 15 is 0 Å². The molecule has 1 heterocycles. The van der Waals surface area contributed by atoms with Crippen LogP contribution >= 0.6 is 11.3 Å². The molecule has 0 fully saturated rings. The fourth-order valence-electron chi connectivity index (χ4n) is 2.27. The molecule has 0 aromatic carbocycles. The van der Waals surface area contributed by atoms with Crippen molar-refractivity contribution >= 4 is 23.4 Å². The number of hydrogen-bond donors (Lipinski definition) is 2. The molecule has 0 aliphatic rings. The summed E-state index contributed by atoms with van der Waals surface area (Å²) in [6, 6.07) is 0. The number of guanidine groups is 1. The molecule has 154 valence electrons. The van der Waals surface area contributed by atoms with Crippen LogP contribution in [0, 0.1) is 5.92 Å². The molecule has 8 heteroatoms. The van der Waals surface area contributed by atoms with E-state index in [-0.39, 0.29) is 12.0 Å². The summed E-state index contributed by atoms with van der Waals surface area (Å²) in [5, 5.41) is 9.73. The Hall–Kier alpha value is -1.83. The lowest BCUT2D eigenvalue weighted by Crippen LogP contribution is -2.42.